The summed E-state index contributed by atoms with van der Waals surface area (Å²) in [6.07, 6.45) is 0. The van der Waals surface area contributed by atoms with Gasteiger partial charge in [0, 0.05) is 27.1 Å². The summed E-state index contributed by atoms with van der Waals surface area (Å²) < 4.78 is 54.8. The summed E-state index contributed by atoms with van der Waals surface area (Å²) in [4.78, 5) is 0. The van der Waals surface area contributed by atoms with Crippen molar-refractivity contribution >= 4 is 21.4 Å². The first-order valence-corrected chi connectivity index (χ1v) is 6.27. The Bertz CT molecular complexity index is 750. The molecule has 0 unspecified atom stereocenters. The van der Waals surface area contributed by atoms with E-state index in [4.69, 9.17) is 0 Å². The Morgan fingerprint density at radius 2 is 1.47 bits per heavy atom. The predicted octanol–water partition coefficient (Wildman–Crippen LogP) is 5.12. The van der Waals surface area contributed by atoms with Gasteiger partial charge in [0.2, 0.25) is 0 Å². The third-order valence-electron chi connectivity index (χ3n) is 2.86. The summed E-state index contributed by atoms with van der Waals surface area (Å²) in [5, 5.41) is 2.06. The summed E-state index contributed by atoms with van der Waals surface area (Å²) in [5.74, 6) is -5.54. The van der Waals surface area contributed by atoms with Crippen LogP contribution in [0.3, 0.4) is 0 Å². The quantitative estimate of drug-likeness (QED) is 0.429. The van der Waals surface area contributed by atoms with Crippen LogP contribution in [0, 0.1) is 23.3 Å². The van der Waals surface area contributed by atoms with Crippen LogP contribution in [0.15, 0.2) is 35.7 Å². The van der Waals surface area contributed by atoms with Crippen LogP contribution >= 0.6 is 11.3 Å². The Hall–Kier alpha value is -1.88. The van der Waals surface area contributed by atoms with E-state index in [1.54, 1.807) is 24.3 Å². The highest BCUT2D eigenvalue weighted by Crippen LogP contribution is 2.37. The van der Waals surface area contributed by atoms with Crippen molar-refractivity contribution in [1.29, 1.82) is 0 Å². The van der Waals surface area contributed by atoms with Crippen molar-refractivity contribution in [2.45, 2.75) is 0 Å². The molecule has 19 heavy (non-hydrogen) atoms. The molecule has 0 aliphatic carbocycles. The Balaban J connectivity index is 2.39. The van der Waals surface area contributed by atoms with Gasteiger partial charge in [0.05, 0.1) is 5.56 Å². The van der Waals surface area contributed by atoms with Crippen molar-refractivity contribution < 1.29 is 17.6 Å². The average Bonchev–Trinajstić information content (AvgIpc) is 2.81. The van der Waals surface area contributed by atoms with Gasteiger partial charge in [-0.25, -0.2) is 17.6 Å². The van der Waals surface area contributed by atoms with Crippen LogP contribution in [0.25, 0.3) is 21.2 Å². The molecule has 2 aromatic carbocycles. The number of halogens is 4. The first-order valence-electron chi connectivity index (χ1n) is 5.39. The molecule has 3 rings (SSSR count). The lowest BCUT2D eigenvalue weighted by molar-refractivity contribution is 0.458. The van der Waals surface area contributed by atoms with Crippen LogP contribution in [-0.4, -0.2) is 0 Å². The number of hydrogen-bond donors (Lipinski definition) is 0. The van der Waals surface area contributed by atoms with Gasteiger partial charge in [-0.15, -0.1) is 11.3 Å². The normalized spacial score (nSPS) is 11.2. The maximum atomic E-state index is 13.8. The molecule has 0 atom stereocenters. The van der Waals surface area contributed by atoms with Crippen molar-refractivity contribution in [3.05, 3.63) is 59.0 Å². The average molecular weight is 282 g/mol. The highest BCUT2D eigenvalue weighted by atomic mass is 32.1. The van der Waals surface area contributed by atoms with Gasteiger partial charge in [-0.05, 0) is 6.07 Å². The highest BCUT2D eigenvalue weighted by molar-refractivity contribution is 7.17. The topological polar surface area (TPSA) is 0 Å². The molecule has 1 aromatic heterocycles. The molecular formula is C14H6F4S. The minimum absolute atomic E-state index is 0.161. The Morgan fingerprint density at radius 1 is 0.842 bits per heavy atom. The molecule has 0 fully saturated rings. The van der Waals surface area contributed by atoms with Crippen LogP contribution in [0.5, 0.6) is 0 Å². The van der Waals surface area contributed by atoms with Crippen molar-refractivity contribution in [2.75, 3.05) is 0 Å². The highest BCUT2D eigenvalue weighted by Gasteiger charge is 2.22. The summed E-state index contributed by atoms with van der Waals surface area (Å²) in [7, 11) is 0. The number of rotatable bonds is 1. The summed E-state index contributed by atoms with van der Waals surface area (Å²) in [6, 6.07) is 7.12. The zero-order valence-electron chi connectivity index (χ0n) is 9.38. The third-order valence-corrected chi connectivity index (χ3v) is 3.83. The van der Waals surface area contributed by atoms with Crippen LogP contribution in [0.2, 0.25) is 0 Å². The molecule has 0 radical (unpaired) electrons. The molecule has 5 heteroatoms. The molecule has 0 amide bonds. The van der Waals surface area contributed by atoms with E-state index < -0.39 is 28.8 Å². The molecule has 0 aliphatic heterocycles. The van der Waals surface area contributed by atoms with E-state index in [2.05, 4.69) is 0 Å². The van der Waals surface area contributed by atoms with Crippen molar-refractivity contribution in [3.63, 3.8) is 0 Å². The number of thiophene rings is 1. The van der Waals surface area contributed by atoms with Crippen molar-refractivity contribution in [3.8, 4) is 11.1 Å². The van der Waals surface area contributed by atoms with Gasteiger partial charge in [0.25, 0.3) is 0 Å². The zero-order chi connectivity index (χ0) is 13.6. The summed E-state index contributed by atoms with van der Waals surface area (Å²) >= 11 is 1.26. The molecule has 0 N–H and O–H groups in total. The lowest BCUT2D eigenvalue weighted by Gasteiger charge is -2.06. The fraction of sp³-hybridized carbons (Fsp3) is 0. The van der Waals surface area contributed by atoms with E-state index in [1.807, 2.05) is 0 Å². The second-order valence-corrected chi connectivity index (χ2v) is 4.90. The fourth-order valence-corrected chi connectivity index (χ4v) is 2.93. The van der Waals surface area contributed by atoms with Crippen LogP contribution < -0.4 is 0 Å². The maximum Gasteiger partial charge on any atom is 0.169 e. The third kappa shape index (κ3) is 1.81. The number of benzene rings is 2. The van der Waals surface area contributed by atoms with Crippen LogP contribution in [0.1, 0.15) is 0 Å². The first-order chi connectivity index (χ1) is 9.09. The lowest BCUT2D eigenvalue weighted by Crippen LogP contribution is -1.98. The largest absolute Gasteiger partial charge is 0.204 e. The van der Waals surface area contributed by atoms with E-state index in [9.17, 15) is 17.6 Å². The summed E-state index contributed by atoms with van der Waals surface area (Å²) in [5.41, 5.74) is -0.496. The second kappa shape index (κ2) is 4.35. The van der Waals surface area contributed by atoms with Gasteiger partial charge in [-0.2, -0.15) is 0 Å². The molecule has 0 saturated heterocycles. The smallest absolute Gasteiger partial charge is 0.169 e. The molecule has 0 spiro atoms. The number of fused-ring (bicyclic) bond motifs is 1. The van der Waals surface area contributed by atoms with Gasteiger partial charge in [-0.3, -0.25) is 0 Å². The SMILES string of the molecule is Fc1cc(F)c(F)c(-c2csc3ccccc23)c1F. The van der Waals surface area contributed by atoms with E-state index in [1.165, 1.54) is 16.7 Å². The Labute approximate surface area is 109 Å². The molecule has 0 aliphatic rings. The standard InChI is InChI=1S/C14H6F4S/c15-9-5-10(16)14(18)12(13(9)17)8-6-19-11-4-2-1-3-7(8)11/h1-6H. The van der Waals surface area contributed by atoms with Gasteiger partial charge >= 0.3 is 0 Å². The summed E-state index contributed by atoms with van der Waals surface area (Å²) in [6.45, 7) is 0. The molecule has 0 bridgehead atoms. The monoisotopic (exact) mass is 282 g/mol. The predicted molar refractivity (Wildman–Crippen MR) is 67.1 cm³/mol. The molecule has 1 heterocycles. The Morgan fingerprint density at radius 3 is 2.16 bits per heavy atom. The molecular weight excluding hydrogens is 276 g/mol. The zero-order valence-corrected chi connectivity index (χ0v) is 10.2. The first kappa shape index (κ1) is 12.2. The van der Waals surface area contributed by atoms with Crippen molar-refractivity contribution in [2.24, 2.45) is 0 Å². The van der Waals surface area contributed by atoms with Crippen molar-refractivity contribution in [1.82, 2.24) is 0 Å². The fourth-order valence-electron chi connectivity index (χ4n) is 1.98. The molecule has 3 aromatic rings. The van der Waals surface area contributed by atoms with E-state index in [0.29, 0.717) is 5.39 Å². The van der Waals surface area contributed by atoms with Gasteiger partial charge in [-0.1, -0.05) is 18.2 Å². The van der Waals surface area contributed by atoms with E-state index >= 15 is 0 Å². The minimum atomic E-state index is -1.40. The van der Waals surface area contributed by atoms with E-state index in [-0.39, 0.29) is 11.6 Å². The maximum absolute atomic E-state index is 13.8. The number of hydrogen-bond acceptors (Lipinski definition) is 1. The molecule has 96 valence electrons. The van der Waals surface area contributed by atoms with Gasteiger partial charge in [0.1, 0.15) is 0 Å². The van der Waals surface area contributed by atoms with E-state index in [0.717, 1.165) is 4.70 Å². The van der Waals surface area contributed by atoms with Gasteiger partial charge < -0.3 is 0 Å². The van der Waals surface area contributed by atoms with Gasteiger partial charge in [0.15, 0.2) is 23.3 Å². The molecule has 0 saturated carbocycles. The Kier molecular flexibility index (Phi) is 2.78. The molecule has 0 nitrogen and oxygen atoms in total. The lowest BCUT2D eigenvalue weighted by atomic mass is 10.0. The minimum Gasteiger partial charge on any atom is -0.204 e. The van der Waals surface area contributed by atoms with Crippen LogP contribution in [-0.2, 0) is 0 Å². The van der Waals surface area contributed by atoms with Crippen LogP contribution in [0.4, 0.5) is 17.6 Å². The second-order valence-electron chi connectivity index (χ2n) is 3.99.